The van der Waals surface area contributed by atoms with E-state index in [0.29, 0.717) is 16.1 Å². The normalized spacial score (nSPS) is 15.0. The molecule has 1 aliphatic carbocycles. The molecule has 2 amide bonds. The van der Waals surface area contributed by atoms with Crippen molar-refractivity contribution in [2.24, 2.45) is 18.0 Å². The minimum atomic E-state index is -0.310. The number of amides is 2. The summed E-state index contributed by atoms with van der Waals surface area (Å²) >= 11 is 1.41. The molecule has 0 aliphatic heterocycles. The number of carbonyl (C=O) groups is 2. The Labute approximate surface area is 126 Å². The summed E-state index contributed by atoms with van der Waals surface area (Å²) in [6.45, 7) is 0. The highest BCUT2D eigenvalue weighted by Gasteiger charge is 2.29. The molecular weight excluding hydrogens is 286 g/mol. The quantitative estimate of drug-likeness (QED) is 0.944. The van der Waals surface area contributed by atoms with Crippen molar-refractivity contribution in [2.45, 2.75) is 12.8 Å². The summed E-state index contributed by atoms with van der Waals surface area (Å²) in [5.41, 5.74) is 1.11. The fraction of sp³-hybridized carbons (Fsp3) is 0.267. The molecule has 3 rings (SSSR count). The molecule has 0 atom stereocenters. The molecule has 0 unspecified atom stereocenters. The third-order valence-electron chi connectivity index (χ3n) is 3.28. The molecule has 1 aliphatic rings. The Kier molecular flexibility index (Phi) is 3.70. The summed E-state index contributed by atoms with van der Waals surface area (Å²) in [5.74, 6) is -0.143. The fourth-order valence-electron chi connectivity index (χ4n) is 1.91. The van der Waals surface area contributed by atoms with Crippen LogP contribution in [0.3, 0.4) is 0 Å². The van der Waals surface area contributed by atoms with Crippen LogP contribution in [0, 0.1) is 5.92 Å². The number of nitrogens with zero attached hydrogens (tertiary/aromatic N) is 2. The molecule has 5 nitrogen and oxygen atoms in total. The number of aryl methyl sites for hydroxylation is 1. The lowest BCUT2D eigenvalue weighted by Gasteiger charge is -2.05. The first-order valence-electron chi connectivity index (χ1n) is 6.73. The molecule has 1 fully saturated rings. The molecule has 0 radical (unpaired) electrons. The number of aromatic nitrogens is 1. The molecule has 6 heteroatoms. The largest absolute Gasteiger partial charge is 0.327 e. The third kappa shape index (κ3) is 3.28. The molecule has 2 aromatic rings. The molecule has 1 heterocycles. The van der Waals surface area contributed by atoms with Crippen molar-refractivity contribution in [1.29, 1.82) is 0 Å². The number of nitrogens with one attached hydrogen (secondary N) is 1. The third-order valence-corrected chi connectivity index (χ3v) is 4.13. The van der Waals surface area contributed by atoms with Gasteiger partial charge in [0, 0.05) is 35.8 Å². The Bertz CT molecular complexity index is 756. The van der Waals surface area contributed by atoms with Crippen molar-refractivity contribution < 1.29 is 9.59 Å². The molecule has 21 heavy (non-hydrogen) atoms. The second-order valence-electron chi connectivity index (χ2n) is 5.06. The monoisotopic (exact) mass is 301 g/mol. The lowest BCUT2D eigenvalue weighted by molar-refractivity contribution is -0.117. The van der Waals surface area contributed by atoms with E-state index in [4.69, 9.17) is 0 Å². The Balaban J connectivity index is 1.80. The number of hydrogen-bond acceptors (Lipinski definition) is 3. The summed E-state index contributed by atoms with van der Waals surface area (Å²) in [7, 11) is 1.84. The highest BCUT2D eigenvalue weighted by molar-refractivity contribution is 7.07. The zero-order valence-electron chi connectivity index (χ0n) is 11.6. The number of benzene rings is 1. The maximum absolute atomic E-state index is 12.2. The Hall–Kier alpha value is -2.21. The van der Waals surface area contributed by atoms with Crippen molar-refractivity contribution in [1.82, 2.24) is 4.57 Å². The molecule has 1 aromatic carbocycles. The van der Waals surface area contributed by atoms with Crippen molar-refractivity contribution >= 4 is 28.8 Å². The summed E-state index contributed by atoms with van der Waals surface area (Å²) in [5, 5.41) is 4.71. The number of rotatable bonds is 3. The molecule has 0 saturated heterocycles. The minimum Gasteiger partial charge on any atom is -0.327 e. The van der Waals surface area contributed by atoms with E-state index in [1.54, 1.807) is 28.8 Å². The Morgan fingerprint density at radius 2 is 2.19 bits per heavy atom. The van der Waals surface area contributed by atoms with Gasteiger partial charge in [-0.3, -0.25) is 9.59 Å². The summed E-state index contributed by atoms with van der Waals surface area (Å²) in [6.07, 6.45) is 3.76. The molecule has 0 spiro atoms. The highest BCUT2D eigenvalue weighted by Crippen LogP contribution is 2.30. The van der Waals surface area contributed by atoms with Gasteiger partial charge in [0.15, 0.2) is 4.80 Å². The Morgan fingerprint density at radius 1 is 1.38 bits per heavy atom. The van der Waals surface area contributed by atoms with Gasteiger partial charge < -0.3 is 9.88 Å². The van der Waals surface area contributed by atoms with E-state index in [9.17, 15) is 9.59 Å². The summed E-state index contributed by atoms with van der Waals surface area (Å²) < 4.78 is 1.79. The van der Waals surface area contributed by atoms with Crippen LogP contribution in [0.5, 0.6) is 0 Å². The van der Waals surface area contributed by atoms with Gasteiger partial charge >= 0.3 is 0 Å². The molecular formula is C15H15N3O2S. The van der Waals surface area contributed by atoms with Crippen LogP contribution in [-0.4, -0.2) is 16.4 Å². The first-order valence-corrected chi connectivity index (χ1v) is 7.61. The highest BCUT2D eigenvalue weighted by atomic mass is 32.1. The SMILES string of the molecule is Cn1ccsc1=NC(=O)c1cccc(NC(=O)C2CC2)c1. The van der Waals surface area contributed by atoms with Gasteiger partial charge in [-0.2, -0.15) is 4.99 Å². The zero-order valence-corrected chi connectivity index (χ0v) is 12.4. The molecule has 1 saturated carbocycles. The summed E-state index contributed by atoms with van der Waals surface area (Å²) in [6, 6.07) is 6.90. The van der Waals surface area contributed by atoms with E-state index < -0.39 is 0 Å². The lowest BCUT2D eigenvalue weighted by Crippen LogP contribution is -2.14. The van der Waals surface area contributed by atoms with Crippen LogP contribution in [0.25, 0.3) is 0 Å². The van der Waals surface area contributed by atoms with Gasteiger partial charge in [-0.15, -0.1) is 11.3 Å². The van der Waals surface area contributed by atoms with Gasteiger partial charge in [-0.1, -0.05) is 6.07 Å². The topological polar surface area (TPSA) is 63.5 Å². The Morgan fingerprint density at radius 3 is 2.86 bits per heavy atom. The summed E-state index contributed by atoms with van der Waals surface area (Å²) in [4.78, 5) is 28.6. The fourth-order valence-corrected chi connectivity index (χ4v) is 2.63. The van der Waals surface area contributed by atoms with Gasteiger partial charge in [-0.25, -0.2) is 0 Å². The van der Waals surface area contributed by atoms with Gasteiger partial charge in [-0.05, 0) is 31.0 Å². The van der Waals surface area contributed by atoms with Crippen LogP contribution in [-0.2, 0) is 11.8 Å². The van der Waals surface area contributed by atoms with Crippen molar-refractivity contribution in [3.63, 3.8) is 0 Å². The maximum Gasteiger partial charge on any atom is 0.279 e. The van der Waals surface area contributed by atoms with Gasteiger partial charge in [0.2, 0.25) is 5.91 Å². The molecule has 108 valence electrons. The first-order chi connectivity index (χ1) is 10.1. The predicted molar refractivity (Wildman–Crippen MR) is 81.0 cm³/mol. The van der Waals surface area contributed by atoms with Crippen LogP contribution < -0.4 is 10.1 Å². The number of thiazole rings is 1. The van der Waals surface area contributed by atoms with E-state index >= 15 is 0 Å². The smallest absolute Gasteiger partial charge is 0.279 e. The van der Waals surface area contributed by atoms with Crippen LogP contribution in [0.4, 0.5) is 5.69 Å². The standard InChI is InChI=1S/C15H15N3O2S/c1-18-7-8-21-15(18)17-14(20)11-3-2-4-12(9-11)16-13(19)10-5-6-10/h2-4,7-10H,5-6H2,1H3,(H,16,19). The van der Waals surface area contributed by atoms with E-state index in [2.05, 4.69) is 10.3 Å². The van der Waals surface area contributed by atoms with E-state index in [0.717, 1.165) is 12.8 Å². The van der Waals surface area contributed by atoms with E-state index in [1.807, 2.05) is 18.6 Å². The second kappa shape index (κ2) is 5.65. The van der Waals surface area contributed by atoms with Crippen LogP contribution in [0.15, 0.2) is 40.8 Å². The van der Waals surface area contributed by atoms with Gasteiger partial charge in [0.1, 0.15) is 0 Å². The molecule has 1 aromatic heterocycles. The minimum absolute atomic E-state index is 0.0289. The van der Waals surface area contributed by atoms with E-state index in [-0.39, 0.29) is 17.7 Å². The van der Waals surface area contributed by atoms with Crippen LogP contribution in [0.2, 0.25) is 0 Å². The van der Waals surface area contributed by atoms with Gasteiger partial charge in [0.05, 0.1) is 0 Å². The van der Waals surface area contributed by atoms with Crippen LogP contribution >= 0.6 is 11.3 Å². The van der Waals surface area contributed by atoms with E-state index in [1.165, 1.54) is 11.3 Å². The number of carbonyl (C=O) groups excluding carboxylic acids is 2. The van der Waals surface area contributed by atoms with Crippen molar-refractivity contribution in [2.75, 3.05) is 5.32 Å². The van der Waals surface area contributed by atoms with Crippen molar-refractivity contribution in [3.8, 4) is 0 Å². The second-order valence-corrected chi connectivity index (χ2v) is 5.93. The first kappa shape index (κ1) is 13.8. The number of hydrogen-bond donors (Lipinski definition) is 1. The maximum atomic E-state index is 12.2. The number of anilines is 1. The van der Waals surface area contributed by atoms with Crippen LogP contribution in [0.1, 0.15) is 23.2 Å². The zero-order chi connectivity index (χ0) is 14.8. The van der Waals surface area contributed by atoms with Crippen molar-refractivity contribution in [3.05, 3.63) is 46.2 Å². The predicted octanol–water partition coefficient (Wildman–Crippen LogP) is 2.18. The van der Waals surface area contributed by atoms with Gasteiger partial charge in [0.25, 0.3) is 5.91 Å². The molecule has 0 bridgehead atoms. The molecule has 1 N–H and O–H groups in total. The average Bonchev–Trinajstić information content (AvgIpc) is 3.25. The average molecular weight is 301 g/mol. The lowest BCUT2D eigenvalue weighted by atomic mass is 10.2.